The van der Waals surface area contributed by atoms with Crippen LogP contribution in [0.15, 0.2) is 52.1 Å². The molecule has 8 heteroatoms. The highest BCUT2D eigenvalue weighted by Gasteiger charge is 2.11. The Hall–Kier alpha value is -3.55. The number of H-pyrrole nitrogens is 1. The van der Waals surface area contributed by atoms with E-state index in [4.69, 9.17) is 9.47 Å². The molecule has 2 aromatic carbocycles. The van der Waals surface area contributed by atoms with E-state index in [1.807, 2.05) is 0 Å². The van der Waals surface area contributed by atoms with Crippen LogP contribution < -0.4 is 25.9 Å². The van der Waals surface area contributed by atoms with E-state index in [1.165, 1.54) is 18.8 Å². The van der Waals surface area contributed by atoms with Crippen molar-refractivity contribution in [2.24, 2.45) is 0 Å². The maximum Gasteiger partial charge on any atom is 0.316 e. The van der Waals surface area contributed by atoms with Gasteiger partial charge in [-0.1, -0.05) is 12.1 Å². The summed E-state index contributed by atoms with van der Waals surface area (Å²) in [6.45, 7) is 0.350. The smallest absolute Gasteiger partial charge is 0.316 e. The van der Waals surface area contributed by atoms with E-state index in [0.29, 0.717) is 28.1 Å². The van der Waals surface area contributed by atoms with Crippen molar-refractivity contribution in [1.29, 1.82) is 0 Å². The molecule has 0 radical (unpaired) electrons. The molecule has 2 N–H and O–H groups in total. The third kappa shape index (κ3) is 3.69. The largest absolute Gasteiger partial charge is 0.493 e. The zero-order chi connectivity index (χ0) is 19.4. The van der Waals surface area contributed by atoms with Gasteiger partial charge in [-0.05, 0) is 30.3 Å². The summed E-state index contributed by atoms with van der Waals surface area (Å²) in [4.78, 5) is 38.9. The van der Waals surface area contributed by atoms with Crippen LogP contribution in [0.3, 0.4) is 0 Å². The third-order valence-electron chi connectivity index (χ3n) is 4.15. The highest BCUT2D eigenvalue weighted by molar-refractivity contribution is 5.94. The van der Waals surface area contributed by atoms with Crippen molar-refractivity contribution in [3.8, 4) is 11.5 Å². The van der Waals surface area contributed by atoms with Gasteiger partial charge < -0.3 is 24.3 Å². The Bertz CT molecular complexity index is 1100. The van der Waals surface area contributed by atoms with Crippen molar-refractivity contribution in [2.45, 2.75) is 6.54 Å². The van der Waals surface area contributed by atoms with Gasteiger partial charge >= 0.3 is 11.1 Å². The fraction of sp³-hybridized carbons (Fsp3) is 0.211. The van der Waals surface area contributed by atoms with Gasteiger partial charge in [0.05, 0.1) is 25.3 Å². The van der Waals surface area contributed by atoms with Crippen LogP contribution in [0, 0.1) is 0 Å². The number of ether oxygens (including phenoxy) is 2. The van der Waals surface area contributed by atoms with Gasteiger partial charge in [-0.25, -0.2) is 0 Å². The summed E-state index contributed by atoms with van der Waals surface area (Å²) in [5, 5.41) is 2.74. The van der Waals surface area contributed by atoms with Crippen molar-refractivity contribution in [3.63, 3.8) is 0 Å². The standard InChI is InChI=1S/C19H19N3O5/c1-26-15-8-7-12(11-16(15)27-2)17(23)20-9-10-22-14-6-4-3-5-13(14)21-18(24)19(22)25/h3-8,11H,9-10H2,1-2H3,(H,20,23)(H,21,24). The number of carbonyl (C=O) groups excluding carboxylic acids is 1. The van der Waals surface area contributed by atoms with Gasteiger partial charge in [0.25, 0.3) is 5.91 Å². The molecule has 0 bridgehead atoms. The number of hydrogen-bond acceptors (Lipinski definition) is 5. The Kier molecular flexibility index (Phi) is 5.25. The summed E-state index contributed by atoms with van der Waals surface area (Å²) in [6, 6.07) is 11.8. The van der Waals surface area contributed by atoms with E-state index < -0.39 is 11.1 Å². The van der Waals surface area contributed by atoms with Gasteiger partial charge in [-0.3, -0.25) is 14.4 Å². The Morgan fingerprint density at radius 1 is 1.07 bits per heavy atom. The number of nitrogens with one attached hydrogen (secondary N) is 2. The number of methoxy groups -OCH3 is 2. The molecule has 0 saturated carbocycles. The molecular formula is C19H19N3O5. The highest BCUT2D eigenvalue weighted by atomic mass is 16.5. The molecule has 27 heavy (non-hydrogen) atoms. The SMILES string of the molecule is COc1ccc(C(=O)NCCn2c(=O)c(=O)[nH]c3ccccc32)cc1OC. The minimum Gasteiger partial charge on any atom is -0.493 e. The Balaban J connectivity index is 1.76. The predicted molar refractivity (Wildman–Crippen MR) is 101 cm³/mol. The second-order valence-electron chi connectivity index (χ2n) is 5.75. The second kappa shape index (κ2) is 7.77. The molecule has 0 aliphatic rings. The van der Waals surface area contributed by atoms with Crippen LogP contribution in [0.4, 0.5) is 0 Å². The van der Waals surface area contributed by atoms with Crippen LogP contribution in [0.2, 0.25) is 0 Å². The molecule has 3 aromatic rings. The van der Waals surface area contributed by atoms with Gasteiger partial charge in [0.1, 0.15) is 0 Å². The monoisotopic (exact) mass is 369 g/mol. The van der Waals surface area contributed by atoms with Crippen LogP contribution >= 0.6 is 0 Å². The lowest BCUT2D eigenvalue weighted by atomic mass is 10.2. The first-order valence-electron chi connectivity index (χ1n) is 8.27. The Morgan fingerprint density at radius 2 is 1.81 bits per heavy atom. The van der Waals surface area contributed by atoms with E-state index in [2.05, 4.69) is 10.3 Å². The lowest BCUT2D eigenvalue weighted by Gasteiger charge is -2.12. The van der Waals surface area contributed by atoms with Gasteiger partial charge in [0.2, 0.25) is 0 Å². The molecule has 1 amide bonds. The summed E-state index contributed by atoms with van der Waals surface area (Å²) >= 11 is 0. The molecule has 0 saturated heterocycles. The van der Waals surface area contributed by atoms with Crippen molar-refractivity contribution in [1.82, 2.24) is 14.9 Å². The number of aromatic amines is 1. The van der Waals surface area contributed by atoms with E-state index in [0.717, 1.165) is 0 Å². The fourth-order valence-electron chi connectivity index (χ4n) is 2.81. The Morgan fingerprint density at radius 3 is 2.56 bits per heavy atom. The molecule has 0 atom stereocenters. The Labute approximate surface area is 154 Å². The van der Waals surface area contributed by atoms with Crippen LogP contribution in [-0.2, 0) is 6.54 Å². The highest BCUT2D eigenvalue weighted by Crippen LogP contribution is 2.27. The lowest BCUT2D eigenvalue weighted by Crippen LogP contribution is -2.39. The molecule has 3 rings (SSSR count). The number of fused-ring (bicyclic) bond motifs is 1. The van der Waals surface area contributed by atoms with Crippen LogP contribution in [0.5, 0.6) is 11.5 Å². The average Bonchev–Trinajstić information content (AvgIpc) is 2.70. The first-order valence-corrected chi connectivity index (χ1v) is 8.27. The zero-order valence-electron chi connectivity index (χ0n) is 14.9. The molecule has 8 nitrogen and oxygen atoms in total. The zero-order valence-corrected chi connectivity index (χ0v) is 14.9. The van der Waals surface area contributed by atoms with Crippen LogP contribution in [0.1, 0.15) is 10.4 Å². The first kappa shape index (κ1) is 18.2. The first-order chi connectivity index (χ1) is 13.0. The summed E-state index contributed by atoms with van der Waals surface area (Å²) in [6.07, 6.45) is 0. The molecule has 0 aliphatic heterocycles. The van der Waals surface area contributed by atoms with Gasteiger partial charge in [-0.15, -0.1) is 0 Å². The minimum absolute atomic E-state index is 0.169. The number of benzene rings is 2. The second-order valence-corrected chi connectivity index (χ2v) is 5.75. The van der Waals surface area contributed by atoms with E-state index >= 15 is 0 Å². The number of aromatic nitrogens is 2. The molecule has 0 unspecified atom stereocenters. The van der Waals surface area contributed by atoms with Gasteiger partial charge in [0, 0.05) is 18.7 Å². The molecule has 140 valence electrons. The van der Waals surface area contributed by atoms with Crippen LogP contribution in [-0.4, -0.2) is 36.2 Å². The summed E-state index contributed by atoms with van der Waals surface area (Å²) in [5.74, 6) is 0.649. The lowest BCUT2D eigenvalue weighted by molar-refractivity contribution is 0.0952. The maximum atomic E-state index is 12.4. The van der Waals surface area contributed by atoms with Crippen molar-refractivity contribution < 1.29 is 14.3 Å². The molecule has 0 fully saturated rings. The molecule has 1 heterocycles. The number of amides is 1. The number of carbonyl (C=O) groups is 1. The van der Waals surface area contributed by atoms with Crippen molar-refractivity contribution >= 4 is 16.9 Å². The number of hydrogen-bond donors (Lipinski definition) is 2. The fourth-order valence-corrected chi connectivity index (χ4v) is 2.81. The van der Waals surface area contributed by atoms with E-state index in [9.17, 15) is 14.4 Å². The van der Waals surface area contributed by atoms with Crippen LogP contribution in [0.25, 0.3) is 11.0 Å². The molecule has 0 aliphatic carbocycles. The average molecular weight is 369 g/mol. The third-order valence-corrected chi connectivity index (χ3v) is 4.15. The summed E-state index contributed by atoms with van der Waals surface area (Å²) in [5.41, 5.74) is 0.209. The topological polar surface area (TPSA) is 102 Å². The predicted octanol–water partition coefficient (Wildman–Crippen LogP) is 1.14. The van der Waals surface area contributed by atoms with Crippen molar-refractivity contribution in [2.75, 3.05) is 20.8 Å². The molecule has 1 aromatic heterocycles. The minimum atomic E-state index is -0.695. The van der Waals surface area contributed by atoms with Gasteiger partial charge in [0.15, 0.2) is 11.5 Å². The number of rotatable bonds is 6. The quantitative estimate of drug-likeness (QED) is 0.635. The number of nitrogens with zero attached hydrogens (tertiary/aromatic N) is 1. The van der Waals surface area contributed by atoms with Gasteiger partial charge in [-0.2, -0.15) is 0 Å². The van der Waals surface area contributed by atoms with Crippen molar-refractivity contribution in [3.05, 3.63) is 68.7 Å². The normalized spacial score (nSPS) is 10.6. The molecule has 0 spiro atoms. The van der Waals surface area contributed by atoms with E-state index in [-0.39, 0.29) is 19.0 Å². The summed E-state index contributed by atoms with van der Waals surface area (Å²) < 4.78 is 11.7. The maximum absolute atomic E-state index is 12.4. The van der Waals surface area contributed by atoms with E-state index in [1.54, 1.807) is 42.5 Å². The summed E-state index contributed by atoms with van der Waals surface area (Å²) in [7, 11) is 3.01. The number of para-hydroxylation sites is 2. The molecular weight excluding hydrogens is 350 g/mol.